The van der Waals surface area contributed by atoms with Crippen molar-refractivity contribution in [3.8, 4) is 5.75 Å². The van der Waals surface area contributed by atoms with Crippen LogP contribution in [0.4, 0.5) is 11.4 Å². The minimum absolute atomic E-state index is 0.0331. The van der Waals surface area contributed by atoms with Crippen molar-refractivity contribution in [3.63, 3.8) is 0 Å². The highest BCUT2D eigenvalue weighted by Crippen LogP contribution is 2.38. The van der Waals surface area contributed by atoms with Crippen molar-refractivity contribution in [2.45, 2.75) is 27.4 Å². The van der Waals surface area contributed by atoms with E-state index in [0.29, 0.717) is 22.4 Å². The van der Waals surface area contributed by atoms with Crippen LogP contribution < -0.4 is 4.74 Å². The lowest BCUT2D eigenvalue weighted by Gasteiger charge is -2.17. The zero-order chi connectivity index (χ0) is 28.2. The Morgan fingerprint density at radius 3 is 2.42 bits per heavy atom. The number of ether oxygens (including phenoxy) is 1. The van der Waals surface area contributed by atoms with Gasteiger partial charge in [0.2, 0.25) is 0 Å². The minimum atomic E-state index is -0.423. The predicted molar refractivity (Wildman–Crippen MR) is 162 cm³/mol. The molecule has 0 aliphatic carbocycles. The van der Waals surface area contributed by atoms with Crippen LogP contribution in [0.1, 0.15) is 30.5 Å². The van der Waals surface area contributed by atoms with Crippen molar-refractivity contribution in [3.05, 3.63) is 117 Å². The van der Waals surface area contributed by atoms with Gasteiger partial charge in [-0.05, 0) is 77.3 Å². The zero-order valence-corrected chi connectivity index (χ0v) is 23.4. The van der Waals surface area contributed by atoms with Crippen LogP contribution in [0.3, 0.4) is 0 Å². The predicted octanol–water partition coefficient (Wildman–Crippen LogP) is 7.90. The number of non-ortho nitro benzene ring substituents is 1. The summed E-state index contributed by atoms with van der Waals surface area (Å²) in [5.74, 6) is 0.807. The van der Waals surface area contributed by atoms with Crippen LogP contribution in [0.25, 0.3) is 16.8 Å². The van der Waals surface area contributed by atoms with Crippen molar-refractivity contribution in [1.82, 2.24) is 4.90 Å². The van der Waals surface area contributed by atoms with Crippen molar-refractivity contribution >= 4 is 51.1 Å². The van der Waals surface area contributed by atoms with Gasteiger partial charge in [0.05, 0.1) is 15.5 Å². The molecule has 0 radical (unpaired) electrons. The summed E-state index contributed by atoms with van der Waals surface area (Å²) >= 11 is 1.37. The molecule has 40 heavy (non-hydrogen) atoms. The number of aliphatic imine (C=N–C) groups is 1. The molecule has 0 spiro atoms. The van der Waals surface area contributed by atoms with E-state index in [1.807, 2.05) is 73.7 Å². The number of hydrogen-bond donors (Lipinski definition) is 0. The average Bonchev–Trinajstić information content (AvgIpc) is 3.22. The van der Waals surface area contributed by atoms with Gasteiger partial charge in [0, 0.05) is 24.2 Å². The fourth-order valence-electron chi connectivity index (χ4n) is 4.40. The van der Waals surface area contributed by atoms with E-state index in [9.17, 15) is 14.9 Å². The summed E-state index contributed by atoms with van der Waals surface area (Å²) in [5, 5.41) is 13.6. The van der Waals surface area contributed by atoms with Gasteiger partial charge < -0.3 is 4.74 Å². The lowest BCUT2D eigenvalue weighted by Crippen LogP contribution is -2.32. The van der Waals surface area contributed by atoms with E-state index < -0.39 is 4.92 Å². The molecule has 7 nitrogen and oxygen atoms in total. The smallest absolute Gasteiger partial charge is 0.269 e. The summed E-state index contributed by atoms with van der Waals surface area (Å²) in [5.41, 5.74) is 3.59. The molecule has 1 saturated heterocycles. The quantitative estimate of drug-likeness (QED) is 0.126. The maximum Gasteiger partial charge on any atom is 0.269 e. The molecule has 0 saturated carbocycles. The van der Waals surface area contributed by atoms with Gasteiger partial charge in [-0.3, -0.25) is 19.8 Å². The number of hydrogen-bond acceptors (Lipinski definition) is 6. The number of nitro benzene ring substituents is 1. The summed E-state index contributed by atoms with van der Waals surface area (Å²) < 4.78 is 6.22. The highest BCUT2D eigenvalue weighted by molar-refractivity contribution is 8.18. The van der Waals surface area contributed by atoms with Crippen LogP contribution in [0, 0.1) is 23.0 Å². The Kier molecular flexibility index (Phi) is 7.98. The standard InChI is InChI=1S/C32H29N3O4S/c1-21(2)19-34-31(36)30(40-32(34)33-25-13-8-22(3)9-14-25)18-28-27-7-5-4-6-24(27)12-17-29(28)39-20-23-10-15-26(16-11-23)35(37)38/h4-18,21H,19-20H2,1-3H3/b30-18+,33-32?. The molecule has 4 aromatic rings. The Balaban J connectivity index is 1.51. The maximum absolute atomic E-state index is 13.7. The molecule has 0 aromatic heterocycles. The molecule has 1 heterocycles. The third kappa shape index (κ3) is 6.07. The van der Waals surface area contributed by atoms with Gasteiger partial charge in [-0.25, -0.2) is 4.99 Å². The Morgan fingerprint density at radius 1 is 1.00 bits per heavy atom. The number of fused-ring (bicyclic) bond motifs is 1. The van der Waals surface area contributed by atoms with Gasteiger partial charge in [0.25, 0.3) is 11.6 Å². The van der Waals surface area contributed by atoms with Gasteiger partial charge in [0.1, 0.15) is 12.4 Å². The summed E-state index contributed by atoms with van der Waals surface area (Å²) in [6.07, 6.45) is 1.89. The number of amidine groups is 1. The fourth-order valence-corrected chi connectivity index (χ4v) is 5.39. The number of rotatable bonds is 8. The van der Waals surface area contributed by atoms with E-state index in [2.05, 4.69) is 13.8 Å². The Bertz CT molecular complexity index is 1630. The molecule has 0 bridgehead atoms. The van der Waals surface area contributed by atoms with Gasteiger partial charge in [-0.1, -0.05) is 61.9 Å². The molecule has 0 N–H and O–H groups in total. The number of benzene rings is 4. The molecule has 0 atom stereocenters. The van der Waals surface area contributed by atoms with E-state index >= 15 is 0 Å². The highest BCUT2D eigenvalue weighted by atomic mass is 32.2. The topological polar surface area (TPSA) is 85.0 Å². The SMILES string of the molecule is Cc1ccc(N=C2S/C(=C/c3c(OCc4ccc([N+](=O)[O-])cc4)ccc4ccccc34)C(=O)N2CC(C)C)cc1. The van der Waals surface area contributed by atoms with Gasteiger partial charge in [-0.15, -0.1) is 0 Å². The van der Waals surface area contributed by atoms with Crippen molar-refractivity contribution in [2.75, 3.05) is 6.54 Å². The maximum atomic E-state index is 13.7. The second-order valence-corrected chi connectivity index (χ2v) is 11.1. The average molecular weight is 552 g/mol. The number of carbonyl (C=O) groups is 1. The lowest BCUT2D eigenvalue weighted by atomic mass is 10.0. The van der Waals surface area contributed by atoms with E-state index in [1.54, 1.807) is 17.0 Å². The van der Waals surface area contributed by atoms with Crippen LogP contribution in [0.2, 0.25) is 0 Å². The molecule has 1 amide bonds. The van der Waals surface area contributed by atoms with E-state index in [-0.39, 0.29) is 24.1 Å². The Labute approximate surface area is 237 Å². The second-order valence-electron chi connectivity index (χ2n) is 10.1. The molecule has 1 aliphatic rings. The Morgan fingerprint density at radius 2 is 1.73 bits per heavy atom. The molecule has 1 aliphatic heterocycles. The van der Waals surface area contributed by atoms with Gasteiger partial charge >= 0.3 is 0 Å². The molecule has 4 aromatic carbocycles. The first kappa shape index (κ1) is 27.1. The number of carbonyl (C=O) groups excluding carboxylic acids is 1. The largest absolute Gasteiger partial charge is 0.488 e. The molecule has 8 heteroatoms. The van der Waals surface area contributed by atoms with Crippen LogP contribution in [-0.2, 0) is 11.4 Å². The second kappa shape index (κ2) is 11.8. The highest BCUT2D eigenvalue weighted by Gasteiger charge is 2.34. The van der Waals surface area contributed by atoms with Crippen molar-refractivity contribution in [1.29, 1.82) is 0 Å². The molecular formula is C32H29N3O4S. The van der Waals surface area contributed by atoms with Crippen molar-refractivity contribution < 1.29 is 14.5 Å². The first-order chi connectivity index (χ1) is 19.3. The number of nitro groups is 1. The Hall–Kier alpha value is -4.43. The number of nitrogens with zero attached hydrogens (tertiary/aromatic N) is 3. The molecule has 5 rings (SSSR count). The number of thioether (sulfide) groups is 1. The minimum Gasteiger partial charge on any atom is -0.488 e. The molecule has 202 valence electrons. The van der Waals surface area contributed by atoms with Crippen LogP contribution in [-0.4, -0.2) is 27.4 Å². The third-order valence-corrected chi connectivity index (χ3v) is 7.45. The van der Waals surface area contributed by atoms with Crippen LogP contribution in [0.5, 0.6) is 5.75 Å². The number of aryl methyl sites for hydroxylation is 1. The van der Waals surface area contributed by atoms with Crippen molar-refractivity contribution in [2.24, 2.45) is 10.9 Å². The van der Waals surface area contributed by atoms with Gasteiger partial charge in [0.15, 0.2) is 5.17 Å². The zero-order valence-electron chi connectivity index (χ0n) is 22.5. The summed E-state index contributed by atoms with van der Waals surface area (Å²) in [6.45, 7) is 6.98. The first-order valence-electron chi connectivity index (χ1n) is 13.0. The molecule has 1 fully saturated rings. The van der Waals surface area contributed by atoms with E-state index in [0.717, 1.165) is 33.2 Å². The normalized spacial score (nSPS) is 15.5. The third-order valence-electron chi connectivity index (χ3n) is 6.44. The monoisotopic (exact) mass is 551 g/mol. The number of amides is 1. The van der Waals surface area contributed by atoms with Crippen LogP contribution in [0.15, 0.2) is 94.8 Å². The molecule has 0 unspecified atom stereocenters. The summed E-state index contributed by atoms with van der Waals surface area (Å²) in [6, 6.07) is 26.1. The summed E-state index contributed by atoms with van der Waals surface area (Å²) in [4.78, 5) is 31.4. The summed E-state index contributed by atoms with van der Waals surface area (Å²) in [7, 11) is 0. The lowest BCUT2D eigenvalue weighted by molar-refractivity contribution is -0.384. The fraction of sp³-hybridized carbons (Fsp3) is 0.188. The van der Waals surface area contributed by atoms with Gasteiger partial charge in [-0.2, -0.15) is 0 Å². The van der Waals surface area contributed by atoms with Crippen LogP contribution >= 0.6 is 11.8 Å². The van der Waals surface area contributed by atoms with E-state index in [4.69, 9.17) is 9.73 Å². The first-order valence-corrected chi connectivity index (χ1v) is 13.8. The molecular weight excluding hydrogens is 522 g/mol. The van der Waals surface area contributed by atoms with E-state index in [1.165, 1.54) is 23.9 Å².